The molecule has 39 heavy (non-hydrogen) atoms. The van der Waals surface area contributed by atoms with Crippen molar-refractivity contribution >= 4 is 17.9 Å². The Morgan fingerprint density at radius 1 is 0.974 bits per heavy atom. The summed E-state index contributed by atoms with van der Waals surface area (Å²) in [7, 11) is 3.00. The molecule has 0 unspecified atom stereocenters. The first-order valence-corrected chi connectivity index (χ1v) is 12.7. The van der Waals surface area contributed by atoms with Gasteiger partial charge in [0.1, 0.15) is 23.2 Å². The maximum absolute atomic E-state index is 12.7. The van der Waals surface area contributed by atoms with Crippen molar-refractivity contribution in [3.05, 3.63) is 89.6 Å². The quantitative estimate of drug-likeness (QED) is 0.291. The summed E-state index contributed by atoms with van der Waals surface area (Å²) in [5, 5.41) is 11.2. The summed E-state index contributed by atoms with van der Waals surface area (Å²) >= 11 is 0. The van der Waals surface area contributed by atoms with E-state index in [1.54, 1.807) is 14.0 Å². The van der Waals surface area contributed by atoms with Crippen molar-refractivity contribution in [2.45, 2.75) is 38.2 Å². The molecule has 5 rings (SSSR count). The molecule has 1 aromatic heterocycles. The van der Waals surface area contributed by atoms with E-state index in [-0.39, 0.29) is 5.97 Å². The highest BCUT2D eigenvalue weighted by Crippen LogP contribution is 2.49. The number of ether oxygens (including phenoxy) is 3. The molecular formula is C30H30N4O5. The van der Waals surface area contributed by atoms with Crippen LogP contribution in [-0.4, -0.2) is 41.3 Å². The lowest BCUT2D eigenvalue weighted by atomic mass is 9.93. The number of nitrogens with zero attached hydrogens (tertiary/aromatic N) is 3. The molecule has 1 amide bonds. The zero-order valence-electron chi connectivity index (χ0n) is 22.3. The zero-order chi connectivity index (χ0) is 27.6. The number of carbonyl (C=O) groups excluding carboxylic acids is 2. The van der Waals surface area contributed by atoms with Gasteiger partial charge in [0, 0.05) is 0 Å². The third-order valence-corrected chi connectivity index (χ3v) is 7.12. The summed E-state index contributed by atoms with van der Waals surface area (Å²) < 4.78 is 17.8. The number of aryl methyl sites for hydroxylation is 1. The second kappa shape index (κ2) is 10.6. The molecule has 1 N–H and O–H groups in total. The number of nitrogens with one attached hydrogen (secondary N) is 1. The Labute approximate surface area is 226 Å². The number of methoxy groups -OCH3 is 2. The molecule has 4 aromatic rings. The van der Waals surface area contributed by atoms with Crippen LogP contribution in [0.25, 0.3) is 16.8 Å². The van der Waals surface area contributed by atoms with Crippen molar-refractivity contribution in [2.75, 3.05) is 19.5 Å². The van der Waals surface area contributed by atoms with Crippen molar-refractivity contribution in [1.82, 2.24) is 15.0 Å². The first-order valence-electron chi connectivity index (χ1n) is 12.7. The molecule has 0 radical (unpaired) electrons. The van der Waals surface area contributed by atoms with E-state index in [1.165, 1.54) is 11.8 Å². The monoisotopic (exact) mass is 526 g/mol. The number of esters is 1. The third kappa shape index (κ3) is 5.07. The Balaban J connectivity index is 1.37. The number of hydrogen-bond acceptors (Lipinski definition) is 7. The normalized spacial score (nSPS) is 14.3. The lowest BCUT2D eigenvalue weighted by Gasteiger charge is -2.16. The molecule has 1 heterocycles. The molecule has 1 aliphatic carbocycles. The highest BCUT2D eigenvalue weighted by atomic mass is 16.6. The SMILES string of the molecule is COC(=O)C1(c2ccc(-c3ccc(-n4nnc(C)c4NC(=O)O[C@H](C)c4ccccc4)c(OC)c3)cc2)CC1. The minimum Gasteiger partial charge on any atom is -0.494 e. The fraction of sp³-hybridized carbons (Fsp3) is 0.267. The predicted molar refractivity (Wildman–Crippen MR) is 146 cm³/mol. The van der Waals surface area contributed by atoms with Crippen LogP contribution < -0.4 is 10.1 Å². The van der Waals surface area contributed by atoms with Gasteiger partial charge in [0.2, 0.25) is 0 Å². The van der Waals surface area contributed by atoms with Gasteiger partial charge in [-0.25, -0.2) is 4.79 Å². The molecule has 0 aliphatic heterocycles. The van der Waals surface area contributed by atoms with E-state index >= 15 is 0 Å². The Hall–Kier alpha value is -4.66. The Morgan fingerprint density at radius 3 is 2.31 bits per heavy atom. The van der Waals surface area contributed by atoms with Crippen LogP contribution in [-0.2, 0) is 19.7 Å². The summed E-state index contributed by atoms with van der Waals surface area (Å²) in [5.74, 6) is 0.740. The van der Waals surface area contributed by atoms with Crippen LogP contribution in [0.15, 0.2) is 72.8 Å². The Kier molecular flexibility index (Phi) is 7.06. The maximum Gasteiger partial charge on any atom is 0.413 e. The van der Waals surface area contributed by atoms with Crippen LogP contribution in [0.1, 0.15) is 42.7 Å². The van der Waals surface area contributed by atoms with Gasteiger partial charge in [0.05, 0.1) is 19.6 Å². The molecule has 3 aromatic carbocycles. The molecule has 200 valence electrons. The molecule has 0 spiro atoms. The molecule has 1 atom stereocenters. The predicted octanol–water partition coefficient (Wildman–Crippen LogP) is 5.77. The van der Waals surface area contributed by atoms with E-state index in [0.29, 0.717) is 22.9 Å². The van der Waals surface area contributed by atoms with Gasteiger partial charge in [-0.2, -0.15) is 4.68 Å². The summed E-state index contributed by atoms with van der Waals surface area (Å²) in [4.78, 5) is 25.0. The van der Waals surface area contributed by atoms with Crippen LogP contribution >= 0.6 is 0 Å². The fourth-order valence-electron chi connectivity index (χ4n) is 4.69. The average molecular weight is 527 g/mol. The number of rotatable bonds is 8. The number of carbonyl (C=O) groups is 2. The summed E-state index contributed by atoms with van der Waals surface area (Å²) in [6.07, 6.45) is 0.551. The molecule has 0 saturated heterocycles. The van der Waals surface area contributed by atoms with Crippen LogP contribution in [0.4, 0.5) is 10.6 Å². The van der Waals surface area contributed by atoms with Crippen molar-refractivity contribution in [3.63, 3.8) is 0 Å². The van der Waals surface area contributed by atoms with E-state index in [1.807, 2.05) is 79.7 Å². The standard InChI is InChI=1S/C30H30N4O5/c1-19-27(31-29(36)39-20(2)21-8-6-5-7-9-21)34(33-32-19)25-15-12-23(18-26(25)37-3)22-10-13-24(14-11-22)30(16-17-30)28(35)38-4/h5-15,18,20H,16-17H2,1-4H3,(H,31,36)/t20-/m1/s1. The summed E-state index contributed by atoms with van der Waals surface area (Å²) in [6.45, 7) is 3.56. The largest absolute Gasteiger partial charge is 0.494 e. The van der Waals surface area contributed by atoms with Crippen LogP contribution in [0, 0.1) is 6.92 Å². The first kappa shape index (κ1) is 26.0. The topological polar surface area (TPSA) is 105 Å². The number of benzene rings is 3. The van der Waals surface area contributed by atoms with Crippen LogP contribution in [0.2, 0.25) is 0 Å². The summed E-state index contributed by atoms with van der Waals surface area (Å²) in [6, 6.07) is 23.1. The van der Waals surface area contributed by atoms with Crippen molar-refractivity contribution < 1.29 is 23.8 Å². The van der Waals surface area contributed by atoms with Crippen molar-refractivity contribution in [2.24, 2.45) is 0 Å². The lowest BCUT2D eigenvalue weighted by Crippen LogP contribution is -2.21. The number of anilines is 1. The highest BCUT2D eigenvalue weighted by Gasteiger charge is 2.52. The molecular weight excluding hydrogens is 496 g/mol. The molecule has 9 nitrogen and oxygen atoms in total. The van der Waals surface area contributed by atoms with Gasteiger partial charge in [-0.3, -0.25) is 10.1 Å². The van der Waals surface area contributed by atoms with Crippen molar-refractivity contribution in [1.29, 1.82) is 0 Å². The van der Waals surface area contributed by atoms with Gasteiger partial charge >= 0.3 is 12.1 Å². The smallest absolute Gasteiger partial charge is 0.413 e. The number of hydrogen-bond donors (Lipinski definition) is 1. The molecule has 9 heteroatoms. The number of amides is 1. The minimum atomic E-state index is -0.617. The minimum absolute atomic E-state index is 0.188. The fourth-order valence-corrected chi connectivity index (χ4v) is 4.69. The highest BCUT2D eigenvalue weighted by molar-refractivity contribution is 5.87. The lowest BCUT2D eigenvalue weighted by molar-refractivity contribution is -0.143. The van der Waals surface area contributed by atoms with Crippen LogP contribution in [0.5, 0.6) is 5.75 Å². The summed E-state index contributed by atoms with van der Waals surface area (Å²) in [5.41, 5.74) is 4.36. The third-order valence-electron chi connectivity index (χ3n) is 7.12. The van der Waals surface area contributed by atoms with Gasteiger partial charge in [-0.15, -0.1) is 5.10 Å². The molecule has 1 aliphatic rings. The van der Waals surface area contributed by atoms with Gasteiger partial charge in [-0.05, 0) is 61.1 Å². The van der Waals surface area contributed by atoms with E-state index in [4.69, 9.17) is 14.2 Å². The zero-order valence-corrected chi connectivity index (χ0v) is 22.3. The van der Waals surface area contributed by atoms with Gasteiger partial charge in [0.15, 0.2) is 5.82 Å². The van der Waals surface area contributed by atoms with Gasteiger partial charge < -0.3 is 14.2 Å². The Bertz CT molecular complexity index is 1490. The second-order valence-electron chi connectivity index (χ2n) is 9.56. The van der Waals surface area contributed by atoms with Gasteiger partial charge in [-0.1, -0.05) is 65.9 Å². The van der Waals surface area contributed by atoms with E-state index in [0.717, 1.165) is 35.1 Å². The van der Waals surface area contributed by atoms with Crippen LogP contribution in [0.3, 0.4) is 0 Å². The average Bonchev–Trinajstić information content (AvgIpc) is 3.71. The first-order chi connectivity index (χ1) is 18.9. The Morgan fingerprint density at radius 2 is 1.67 bits per heavy atom. The maximum atomic E-state index is 12.7. The van der Waals surface area contributed by atoms with E-state index in [2.05, 4.69) is 15.6 Å². The van der Waals surface area contributed by atoms with E-state index in [9.17, 15) is 9.59 Å². The molecule has 1 saturated carbocycles. The molecule has 0 bridgehead atoms. The number of aromatic nitrogens is 3. The molecule has 1 fully saturated rings. The van der Waals surface area contributed by atoms with E-state index < -0.39 is 17.6 Å². The van der Waals surface area contributed by atoms with Crippen molar-refractivity contribution in [3.8, 4) is 22.6 Å². The second-order valence-corrected chi connectivity index (χ2v) is 9.56. The van der Waals surface area contributed by atoms with Gasteiger partial charge in [0.25, 0.3) is 0 Å².